The van der Waals surface area contributed by atoms with Gasteiger partial charge in [-0.25, -0.2) is 0 Å². The maximum Gasteiger partial charge on any atom is 0.313 e. The highest BCUT2D eigenvalue weighted by Crippen LogP contribution is 2.66. The molecule has 3 heteroatoms. The van der Waals surface area contributed by atoms with Crippen molar-refractivity contribution in [1.82, 2.24) is 0 Å². The number of furan rings is 1. The van der Waals surface area contributed by atoms with Gasteiger partial charge >= 0.3 is 5.97 Å². The molecule has 2 bridgehead atoms. The van der Waals surface area contributed by atoms with Gasteiger partial charge in [-0.2, -0.15) is 0 Å². The topological polar surface area (TPSA) is 39.4 Å². The van der Waals surface area contributed by atoms with Gasteiger partial charge in [-0.3, -0.25) is 4.79 Å². The summed E-state index contributed by atoms with van der Waals surface area (Å²) in [6, 6.07) is 3.69. The molecule has 3 fully saturated rings. The first-order valence-electron chi connectivity index (χ1n) is 7.50. The Morgan fingerprint density at radius 3 is 3.21 bits per heavy atom. The lowest BCUT2D eigenvalue weighted by Crippen LogP contribution is -2.41. The molecule has 3 aliphatic carbocycles. The van der Waals surface area contributed by atoms with Crippen LogP contribution in [-0.4, -0.2) is 5.97 Å². The highest BCUT2D eigenvalue weighted by Gasteiger charge is 2.64. The smallest absolute Gasteiger partial charge is 0.313 e. The first-order chi connectivity index (χ1) is 9.30. The molecular weight excluding hydrogens is 240 g/mol. The van der Waals surface area contributed by atoms with Gasteiger partial charge in [0.2, 0.25) is 0 Å². The summed E-state index contributed by atoms with van der Waals surface area (Å²) < 4.78 is 10.8. The molecule has 3 nitrogen and oxygen atoms in total. The molecule has 3 saturated carbocycles. The van der Waals surface area contributed by atoms with Crippen LogP contribution in [0.3, 0.4) is 0 Å². The quantitative estimate of drug-likeness (QED) is 0.780. The lowest BCUT2D eigenvalue weighted by Gasteiger charge is -2.36. The molecule has 1 aromatic rings. The number of ether oxygens (including phenoxy) is 1. The van der Waals surface area contributed by atoms with Gasteiger partial charge in [0.25, 0.3) is 0 Å². The third-order valence-electron chi connectivity index (χ3n) is 5.84. The highest BCUT2D eigenvalue weighted by atomic mass is 16.5. The van der Waals surface area contributed by atoms with E-state index >= 15 is 0 Å². The van der Waals surface area contributed by atoms with Crippen LogP contribution >= 0.6 is 0 Å². The van der Waals surface area contributed by atoms with E-state index in [4.69, 9.17) is 9.15 Å². The summed E-state index contributed by atoms with van der Waals surface area (Å²) in [6.45, 7) is 0.289. The first-order valence-corrected chi connectivity index (χ1v) is 7.50. The van der Waals surface area contributed by atoms with E-state index in [1.54, 1.807) is 6.26 Å². The van der Waals surface area contributed by atoms with Gasteiger partial charge in [0.15, 0.2) is 0 Å². The summed E-state index contributed by atoms with van der Waals surface area (Å²) >= 11 is 0. The van der Waals surface area contributed by atoms with Gasteiger partial charge in [-0.05, 0) is 62.0 Å². The molecule has 0 spiro atoms. The molecule has 0 aromatic carbocycles. The Balaban J connectivity index is 1.52. The van der Waals surface area contributed by atoms with Crippen molar-refractivity contribution in [2.24, 2.45) is 23.2 Å². The van der Waals surface area contributed by atoms with Gasteiger partial charge in [-0.15, -0.1) is 0 Å². The van der Waals surface area contributed by atoms with Crippen LogP contribution in [0.25, 0.3) is 0 Å². The molecular formula is C16H20O3. The van der Waals surface area contributed by atoms with Crippen molar-refractivity contribution >= 4 is 5.97 Å². The predicted octanol–water partition coefficient (Wildman–Crippen LogP) is 3.54. The average Bonchev–Trinajstić information content (AvgIpc) is 3.14. The summed E-state index contributed by atoms with van der Waals surface area (Å²) in [7, 11) is 0. The van der Waals surface area contributed by atoms with Crippen LogP contribution in [0.5, 0.6) is 0 Å². The molecule has 0 saturated heterocycles. The van der Waals surface area contributed by atoms with Crippen LogP contribution in [0.4, 0.5) is 0 Å². The van der Waals surface area contributed by atoms with Crippen molar-refractivity contribution in [1.29, 1.82) is 0 Å². The molecule has 0 amide bonds. The van der Waals surface area contributed by atoms with Gasteiger partial charge in [0, 0.05) is 0 Å². The Kier molecular flexibility index (Phi) is 2.51. The molecule has 0 N–H and O–H groups in total. The van der Waals surface area contributed by atoms with Gasteiger partial charge in [-0.1, -0.05) is 6.42 Å². The van der Waals surface area contributed by atoms with E-state index in [1.165, 1.54) is 32.1 Å². The molecule has 4 atom stereocenters. The summed E-state index contributed by atoms with van der Waals surface area (Å²) in [5, 5.41) is 0. The Labute approximate surface area is 113 Å². The normalized spacial score (nSPS) is 39.5. The number of hydrogen-bond acceptors (Lipinski definition) is 3. The van der Waals surface area contributed by atoms with E-state index in [2.05, 4.69) is 0 Å². The van der Waals surface area contributed by atoms with Crippen molar-refractivity contribution in [3.63, 3.8) is 0 Å². The van der Waals surface area contributed by atoms with Crippen molar-refractivity contribution < 1.29 is 13.9 Å². The number of esters is 1. The van der Waals surface area contributed by atoms with Gasteiger partial charge < -0.3 is 9.15 Å². The zero-order valence-corrected chi connectivity index (χ0v) is 11.1. The third kappa shape index (κ3) is 1.53. The maximum absolute atomic E-state index is 12.7. The number of carbonyl (C=O) groups is 1. The fraction of sp³-hybridized carbons (Fsp3) is 0.688. The summed E-state index contributed by atoms with van der Waals surface area (Å²) in [4.78, 5) is 12.7. The zero-order valence-electron chi connectivity index (χ0n) is 11.1. The molecule has 1 aromatic heterocycles. The number of fused-ring (bicyclic) bond motifs is 5. The van der Waals surface area contributed by atoms with E-state index in [1.807, 2.05) is 12.1 Å². The minimum absolute atomic E-state index is 0.0543. The Hall–Kier alpha value is -1.25. The molecule has 1 heterocycles. The van der Waals surface area contributed by atoms with Crippen LogP contribution in [0.1, 0.15) is 44.3 Å². The van der Waals surface area contributed by atoms with Crippen LogP contribution in [0.15, 0.2) is 22.8 Å². The molecule has 102 valence electrons. The Morgan fingerprint density at radius 1 is 1.42 bits per heavy atom. The minimum Gasteiger partial charge on any atom is -0.466 e. The Bertz CT molecular complexity index is 478. The van der Waals surface area contributed by atoms with Gasteiger partial charge in [0.05, 0.1) is 11.7 Å². The van der Waals surface area contributed by atoms with Crippen molar-refractivity contribution in [3.05, 3.63) is 24.2 Å². The van der Waals surface area contributed by atoms with Crippen LogP contribution < -0.4 is 0 Å². The fourth-order valence-electron chi connectivity index (χ4n) is 5.16. The summed E-state index contributed by atoms with van der Waals surface area (Å²) in [5.41, 5.74) is -0.129. The number of hydrogen-bond donors (Lipinski definition) is 0. The number of carbonyl (C=O) groups excluding carboxylic acids is 1. The SMILES string of the molecule is O=C(OCc1ccco1)C12CCCC1C1CCC2C1. The Morgan fingerprint density at radius 2 is 2.37 bits per heavy atom. The minimum atomic E-state index is -0.129. The fourth-order valence-corrected chi connectivity index (χ4v) is 5.16. The molecule has 19 heavy (non-hydrogen) atoms. The second-order valence-electron chi connectivity index (χ2n) is 6.46. The van der Waals surface area contributed by atoms with E-state index < -0.39 is 0 Å². The molecule has 4 rings (SSSR count). The average molecular weight is 260 g/mol. The number of rotatable bonds is 3. The predicted molar refractivity (Wildman–Crippen MR) is 69.1 cm³/mol. The van der Waals surface area contributed by atoms with Crippen LogP contribution in [0, 0.1) is 23.2 Å². The van der Waals surface area contributed by atoms with E-state index in [0.29, 0.717) is 11.8 Å². The monoisotopic (exact) mass is 260 g/mol. The van der Waals surface area contributed by atoms with E-state index in [-0.39, 0.29) is 18.0 Å². The van der Waals surface area contributed by atoms with Crippen LogP contribution in [0.2, 0.25) is 0 Å². The second-order valence-corrected chi connectivity index (χ2v) is 6.46. The molecule has 4 unspecified atom stereocenters. The largest absolute Gasteiger partial charge is 0.466 e. The summed E-state index contributed by atoms with van der Waals surface area (Å²) in [6.07, 6.45) is 8.94. The van der Waals surface area contributed by atoms with Crippen molar-refractivity contribution in [3.8, 4) is 0 Å². The van der Waals surface area contributed by atoms with Gasteiger partial charge in [0.1, 0.15) is 12.4 Å². The second kappa shape index (κ2) is 4.12. The van der Waals surface area contributed by atoms with Crippen molar-refractivity contribution in [2.75, 3.05) is 0 Å². The molecule has 3 aliphatic rings. The van der Waals surface area contributed by atoms with E-state index in [0.717, 1.165) is 18.1 Å². The standard InChI is InChI=1S/C16H20O3/c17-15(19-10-13-3-2-8-18-13)16-7-1-4-14(16)11-5-6-12(16)9-11/h2-3,8,11-12,14H,1,4-7,9-10H2. The van der Waals surface area contributed by atoms with Crippen LogP contribution in [-0.2, 0) is 16.1 Å². The maximum atomic E-state index is 12.7. The lowest BCUT2D eigenvalue weighted by molar-refractivity contribution is -0.164. The van der Waals surface area contributed by atoms with Crippen molar-refractivity contribution in [2.45, 2.75) is 45.1 Å². The highest BCUT2D eigenvalue weighted by molar-refractivity contribution is 5.79. The zero-order chi connectivity index (χ0) is 12.9. The molecule has 0 aliphatic heterocycles. The summed E-state index contributed by atoms with van der Waals surface area (Å²) in [5.74, 6) is 2.79. The lowest BCUT2D eigenvalue weighted by atomic mass is 9.68. The first kappa shape index (κ1) is 11.6. The molecule has 0 radical (unpaired) electrons. The third-order valence-corrected chi connectivity index (χ3v) is 5.84. The van der Waals surface area contributed by atoms with E-state index in [9.17, 15) is 4.79 Å².